The van der Waals surface area contributed by atoms with Crippen LogP contribution in [0.15, 0.2) is 51.9 Å². The highest BCUT2D eigenvalue weighted by molar-refractivity contribution is 5.88. The van der Waals surface area contributed by atoms with Crippen LogP contribution in [0.1, 0.15) is 0 Å². The number of furan rings is 1. The number of anilines is 2. The van der Waals surface area contributed by atoms with Gasteiger partial charge in [0, 0.05) is 52.0 Å². The number of ether oxygens (including phenoxy) is 1. The van der Waals surface area contributed by atoms with Crippen molar-refractivity contribution in [2.75, 3.05) is 43.4 Å². The summed E-state index contributed by atoms with van der Waals surface area (Å²) in [4.78, 5) is 26.7. The Bertz CT molecular complexity index is 1630. The number of hydrogen-bond acceptors (Lipinski definition) is 9. The van der Waals surface area contributed by atoms with Crippen LogP contribution in [0.2, 0.25) is 0 Å². The van der Waals surface area contributed by atoms with Crippen molar-refractivity contribution in [2.45, 2.75) is 13.2 Å². The number of alkyl halides is 2. The molecule has 0 saturated carbocycles. The van der Waals surface area contributed by atoms with Crippen molar-refractivity contribution in [3.63, 3.8) is 0 Å². The number of hydrogen-bond donors (Lipinski definition) is 1. The molecule has 1 aromatic carbocycles. The quantitative estimate of drug-likeness (QED) is 0.340. The Hall–Kier alpha value is -4.46. The zero-order chi connectivity index (χ0) is 26.4. The van der Waals surface area contributed by atoms with Gasteiger partial charge >= 0.3 is 12.3 Å². The molecule has 5 heterocycles. The smallest absolute Gasteiger partial charge is 0.387 e. The minimum Gasteiger partial charge on any atom is -0.461 e. The van der Waals surface area contributed by atoms with Crippen LogP contribution >= 0.6 is 0 Å². The van der Waals surface area contributed by atoms with E-state index < -0.39 is 6.61 Å². The fourth-order valence-corrected chi connectivity index (χ4v) is 4.81. The van der Waals surface area contributed by atoms with Crippen LogP contribution in [0.25, 0.3) is 28.4 Å². The molecule has 0 unspecified atom stereocenters. The van der Waals surface area contributed by atoms with Gasteiger partial charge in [-0.05, 0) is 36.4 Å². The minimum absolute atomic E-state index is 0.121. The summed E-state index contributed by atoms with van der Waals surface area (Å²) in [5, 5.41) is 4.40. The standard InChI is InChI=1S/C24H25F2N9O3/c1-31-18-20(29-23(27)35-21(18)28-19(30-35)17-3-2-14-37-17)34(24(31)36)13-10-32-8-11-33(12-9-32)15-4-6-16(7-5-15)38-22(25)26/h2-7,14,22H,8-13H2,1H3,(H2,27,29). The van der Waals surface area contributed by atoms with Crippen LogP contribution in [0.3, 0.4) is 0 Å². The van der Waals surface area contributed by atoms with Crippen molar-refractivity contribution >= 4 is 28.4 Å². The molecule has 5 aromatic rings. The molecule has 1 saturated heterocycles. The molecule has 1 aliphatic heterocycles. The second kappa shape index (κ2) is 9.45. The van der Waals surface area contributed by atoms with Crippen LogP contribution in [0, 0.1) is 0 Å². The molecule has 12 nitrogen and oxygen atoms in total. The lowest BCUT2D eigenvalue weighted by molar-refractivity contribution is -0.0498. The summed E-state index contributed by atoms with van der Waals surface area (Å²) >= 11 is 0. The van der Waals surface area contributed by atoms with E-state index in [-0.39, 0.29) is 17.4 Å². The summed E-state index contributed by atoms with van der Waals surface area (Å²) in [7, 11) is 1.68. The first kappa shape index (κ1) is 23.9. The van der Waals surface area contributed by atoms with Crippen molar-refractivity contribution in [1.29, 1.82) is 0 Å². The normalized spacial score (nSPS) is 14.8. The Morgan fingerprint density at radius 3 is 2.50 bits per heavy atom. The number of nitrogen functional groups attached to an aromatic ring is 1. The van der Waals surface area contributed by atoms with Crippen LogP contribution in [0.5, 0.6) is 5.75 Å². The first-order chi connectivity index (χ1) is 18.4. The van der Waals surface area contributed by atoms with Gasteiger partial charge in [-0.2, -0.15) is 18.3 Å². The van der Waals surface area contributed by atoms with Crippen LogP contribution in [0.4, 0.5) is 20.4 Å². The average Bonchev–Trinajstić information content (AvgIpc) is 3.64. The highest BCUT2D eigenvalue weighted by Gasteiger charge is 2.23. The van der Waals surface area contributed by atoms with Gasteiger partial charge in [0.25, 0.3) is 0 Å². The van der Waals surface area contributed by atoms with Crippen LogP contribution in [-0.2, 0) is 13.6 Å². The molecule has 38 heavy (non-hydrogen) atoms. The Kier molecular flexibility index (Phi) is 5.94. The van der Waals surface area contributed by atoms with Gasteiger partial charge in [-0.1, -0.05) is 0 Å². The van der Waals surface area contributed by atoms with Crippen molar-refractivity contribution < 1.29 is 17.9 Å². The molecule has 2 N–H and O–H groups in total. The molecule has 0 atom stereocenters. The molecule has 4 aromatic heterocycles. The highest BCUT2D eigenvalue weighted by atomic mass is 19.3. The van der Waals surface area contributed by atoms with E-state index in [1.807, 2.05) is 0 Å². The molecule has 0 spiro atoms. The summed E-state index contributed by atoms with van der Waals surface area (Å²) in [6.45, 7) is 1.33. The van der Waals surface area contributed by atoms with Crippen molar-refractivity contribution in [3.8, 4) is 17.3 Å². The molecule has 0 bridgehead atoms. The lowest BCUT2D eigenvalue weighted by Gasteiger charge is -2.36. The Balaban J connectivity index is 1.18. The molecule has 1 aliphatic rings. The topological polar surface area (TPSA) is 125 Å². The maximum absolute atomic E-state index is 13.2. The average molecular weight is 526 g/mol. The van der Waals surface area contributed by atoms with Gasteiger partial charge in [-0.25, -0.2) is 9.78 Å². The van der Waals surface area contributed by atoms with Gasteiger partial charge in [0.1, 0.15) is 11.3 Å². The van der Waals surface area contributed by atoms with E-state index in [1.54, 1.807) is 48.0 Å². The number of rotatable bonds is 7. The van der Waals surface area contributed by atoms with E-state index in [9.17, 15) is 13.6 Å². The number of benzene rings is 1. The highest BCUT2D eigenvalue weighted by Crippen LogP contribution is 2.24. The SMILES string of the molecule is Cn1c(=O)n(CCN2CCN(c3ccc(OC(F)F)cc3)CC2)c2nc(N)n3nc(-c4ccco4)nc3c21. The summed E-state index contributed by atoms with van der Waals surface area (Å²) < 4.78 is 39.1. The Labute approximate surface area is 214 Å². The van der Waals surface area contributed by atoms with Gasteiger partial charge in [0.15, 0.2) is 17.1 Å². The summed E-state index contributed by atoms with van der Waals surface area (Å²) in [6.07, 6.45) is 1.53. The molecule has 0 aliphatic carbocycles. The van der Waals surface area contributed by atoms with Gasteiger partial charge in [0.2, 0.25) is 11.8 Å². The third-order valence-electron chi connectivity index (χ3n) is 6.76. The van der Waals surface area contributed by atoms with Crippen molar-refractivity contribution in [2.24, 2.45) is 7.05 Å². The summed E-state index contributed by atoms with van der Waals surface area (Å²) in [5.41, 5.74) is 8.34. The zero-order valence-corrected chi connectivity index (χ0v) is 20.5. The number of aromatic nitrogens is 6. The van der Waals surface area contributed by atoms with Gasteiger partial charge in [-0.15, -0.1) is 5.10 Å². The number of aryl methyl sites for hydroxylation is 1. The third-order valence-corrected chi connectivity index (χ3v) is 6.76. The number of piperazine rings is 1. The Morgan fingerprint density at radius 1 is 1.05 bits per heavy atom. The van der Waals surface area contributed by atoms with E-state index in [2.05, 4.69) is 29.6 Å². The largest absolute Gasteiger partial charge is 0.461 e. The Morgan fingerprint density at radius 2 is 1.82 bits per heavy atom. The maximum Gasteiger partial charge on any atom is 0.387 e. The maximum atomic E-state index is 13.2. The minimum atomic E-state index is -2.84. The predicted octanol–water partition coefficient (Wildman–Crippen LogP) is 2.04. The number of fused-ring (bicyclic) bond motifs is 3. The van der Waals surface area contributed by atoms with Gasteiger partial charge in [-0.3, -0.25) is 14.0 Å². The molecule has 1 fully saturated rings. The van der Waals surface area contributed by atoms with Crippen molar-refractivity contribution in [3.05, 3.63) is 53.1 Å². The third kappa shape index (κ3) is 4.22. The molecule has 14 heteroatoms. The molecule has 6 rings (SSSR count). The van der Waals surface area contributed by atoms with E-state index in [0.29, 0.717) is 41.5 Å². The molecule has 0 radical (unpaired) electrons. The fraction of sp³-hybridized carbons (Fsp3) is 0.333. The van der Waals surface area contributed by atoms with Gasteiger partial charge < -0.3 is 19.8 Å². The molecular weight excluding hydrogens is 500 g/mol. The van der Waals surface area contributed by atoms with Crippen LogP contribution in [-0.4, -0.2) is 73.0 Å². The van der Waals surface area contributed by atoms with E-state index in [0.717, 1.165) is 31.9 Å². The van der Waals surface area contributed by atoms with Crippen molar-refractivity contribution in [1.82, 2.24) is 33.6 Å². The lowest BCUT2D eigenvalue weighted by atomic mass is 10.2. The van der Waals surface area contributed by atoms with Gasteiger partial charge in [0.05, 0.1) is 6.26 Å². The first-order valence-electron chi connectivity index (χ1n) is 12.1. The second-order valence-corrected chi connectivity index (χ2v) is 8.98. The van der Waals surface area contributed by atoms with E-state index in [1.165, 1.54) is 15.3 Å². The summed E-state index contributed by atoms with van der Waals surface area (Å²) in [5.74, 6) is 1.10. The van der Waals surface area contributed by atoms with Crippen LogP contribution < -0.4 is 21.1 Å². The zero-order valence-electron chi connectivity index (χ0n) is 20.5. The number of imidazole rings is 1. The predicted molar refractivity (Wildman–Crippen MR) is 135 cm³/mol. The fourth-order valence-electron chi connectivity index (χ4n) is 4.81. The number of halogens is 2. The number of nitrogens with zero attached hydrogens (tertiary/aromatic N) is 8. The van der Waals surface area contributed by atoms with E-state index in [4.69, 9.17) is 10.2 Å². The molecule has 0 amide bonds. The second-order valence-electron chi connectivity index (χ2n) is 8.98. The lowest BCUT2D eigenvalue weighted by Crippen LogP contribution is -2.47. The van der Waals surface area contributed by atoms with E-state index >= 15 is 0 Å². The summed E-state index contributed by atoms with van der Waals surface area (Å²) in [6, 6.07) is 10.1. The number of nitrogens with two attached hydrogens (primary N) is 1. The molecule has 198 valence electrons. The monoisotopic (exact) mass is 525 g/mol. The molecular formula is C24H25F2N9O3. The first-order valence-corrected chi connectivity index (χ1v) is 12.1.